The number of rotatable bonds is 6. The van der Waals surface area contributed by atoms with Crippen molar-refractivity contribution in [2.45, 2.75) is 20.3 Å². The van der Waals surface area contributed by atoms with Gasteiger partial charge in [-0.05, 0) is 19.9 Å². The third kappa shape index (κ3) is 3.53. The van der Waals surface area contributed by atoms with E-state index in [2.05, 4.69) is 25.8 Å². The second-order valence-corrected chi connectivity index (χ2v) is 4.19. The van der Waals surface area contributed by atoms with E-state index in [1.807, 2.05) is 6.92 Å². The van der Waals surface area contributed by atoms with E-state index in [1.54, 1.807) is 25.4 Å². The molecule has 2 rings (SSSR count). The van der Waals surface area contributed by atoms with Crippen LogP contribution in [0.25, 0.3) is 0 Å². The molecule has 0 spiro atoms. The Morgan fingerprint density at radius 3 is 3.00 bits per heavy atom. The zero-order valence-corrected chi connectivity index (χ0v) is 11.5. The zero-order chi connectivity index (χ0) is 14.4. The number of nitrogens with one attached hydrogen (secondary N) is 2. The van der Waals surface area contributed by atoms with Crippen molar-refractivity contribution in [2.24, 2.45) is 0 Å². The first kappa shape index (κ1) is 14.0. The van der Waals surface area contributed by atoms with Gasteiger partial charge in [-0.25, -0.2) is 0 Å². The van der Waals surface area contributed by atoms with Gasteiger partial charge in [0.25, 0.3) is 5.91 Å². The summed E-state index contributed by atoms with van der Waals surface area (Å²) in [6.45, 7) is 4.90. The Balaban J connectivity index is 1.91. The largest absolute Gasteiger partial charge is 0.385 e. The van der Waals surface area contributed by atoms with Crippen LogP contribution in [0.4, 0.5) is 5.69 Å². The molecule has 1 amide bonds. The van der Waals surface area contributed by atoms with E-state index in [0.29, 0.717) is 30.2 Å². The SMILES string of the molecule is CCNc1ccncc1C(=O)NCCc1nc(C)no1. The van der Waals surface area contributed by atoms with Gasteiger partial charge in [-0.3, -0.25) is 9.78 Å². The van der Waals surface area contributed by atoms with E-state index in [-0.39, 0.29) is 5.91 Å². The molecular formula is C13H17N5O2. The van der Waals surface area contributed by atoms with Gasteiger partial charge in [-0.1, -0.05) is 5.16 Å². The zero-order valence-electron chi connectivity index (χ0n) is 11.5. The molecule has 2 aromatic heterocycles. The average Bonchev–Trinajstić information content (AvgIpc) is 2.85. The Labute approximate surface area is 116 Å². The van der Waals surface area contributed by atoms with Crippen molar-refractivity contribution < 1.29 is 9.32 Å². The number of hydrogen-bond acceptors (Lipinski definition) is 6. The number of pyridine rings is 1. The lowest BCUT2D eigenvalue weighted by atomic mass is 10.2. The highest BCUT2D eigenvalue weighted by molar-refractivity contribution is 5.99. The molecule has 0 saturated carbocycles. The minimum Gasteiger partial charge on any atom is -0.385 e. The van der Waals surface area contributed by atoms with Crippen molar-refractivity contribution in [3.63, 3.8) is 0 Å². The first-order valence-corrected chi connectivity index (χ1v) is 6.46. The molecule has 0 aliphatic rings. The van der Waals surface area contributed by atoms with Gasteiger partial charge in [0.15, 0.2) is 5.82 Å². The molecule has 7 nitrogen and oxygen atoms in total. The molecule has 106 valence electrons. The van der Waals surface area contributed by atoms with Crippen LogP contribution < -0.4 is 10.6 Å². The van der Waals surface area contributed by atoms with E-state index in [1.165, 1.54) is 0 Å². The Kier molecular flexibility index (Phi) is 4.65. The predicted molar refractivity (Wildman–Crippen MR) is 73.5 cm³/mol. The molecule has 0 atom stereocenters. The molecule has 20 heavy (non-hydrogen) atoms. The molecule has 0 aliphatic carbocycles. The normalized spacial score (nSPS) is 10.3. The lowest BCUT2D eigenvalue weighted by molar-refractivity contribution is 0.0954. The lowest BCUT2D eigenvalue weighted by Crippen LogP contribution is -2.26. The fourth-order valence-corrected chi connectivity index (χ4v) is 1.74. The first-order chi connectivity index (χ1) is 9.70. The monoisotopic (exact) mass is 275 g/mol. The maximum absolute atomic E-state index is 12.1. The summed E-state index contributed by atoms with van der Waals surface area (Å²) in [5, 5.41) is 9.63. The van der Waals surface area contributed by atoms with Crippen LogP contribution in [0.2, 0.25) is 0 Å². The van der Waals surface area contributed by atoms with Gasteiger partial charge in [0.2, 0.25) is 5.89 Å². The maximum Gasteiger partial charge on any atom is 0.254 e. The predicted octanol–water partition coefficient (Wildman–Crippen LogP) is 1.18. The number of carbonyl (C=O) groups is 1. The quantitative estimate of drug-likeness (QED) is 0.822. The Morgan fingerprint density at radius 1 is 1.45 bits per heavy atom. The van der Waals surface area contributed by atoms with Gasteiger partial charge in [0, 0.05) is 31.9 Å². The Bertz CT molecular complexity index is 582. The molecule has 2 aromatic rings. The van der Waals surface area contributed by atoms with Gasteiger partial charge in [0.1, 0.15) is 0 Å². The minimum absolute atomic E-state index is 0.176. The van der Waals surface area contributed by atoms with Crippen molar-refractivity contribution in [1.82, 2.24) is 20.4 Å². The van der Waals surface area contributed by atoms with Crippen LogP contribution >= 0.6 is 0 Å². The molecular weight excluding hydrogens is 258 g/mol. The summed E-state index contributed by atoms with van der Waals surface area (Å²) in [6, 6.07) is 1.78. The second kappa shape index (κ2) is 6.65. The number of amides is 1. The summed E-state index contributed by atoms with van der Waals surface area (Å²) in [4.78, 5) is 20.1. The van der Waals surface area contributed by atoms with E-state index in [4.69, 9.17) is 4.52 Å². The lowest BCUT2D eigenvalue weighted by Gasteiger charge is -2.09. The van der Waals surface area contributed by atoms with Crippen molar-refractivity contribution in [2.75, 3.05) is 18.4 Å². The van der Waals surface area contributed by atoms with Crippen molar-refractivity contribution in [3.05, 3.63) is 35.7 Å². The van der Waals surface area contributed by atoms with E-state index < -0.39 is 0 Å². The number of anilines is 1. The number of aryl methyl sites for hydroxylation is 1. The molecule has 0 unspecified atom stereocenters. The summed E-state index contributed by atoms with van der Waals surface area (Å²) in [6.07, 6.45) is 3.70. The molecule has 0 bridgehead atoms. The van der Waals surface area contributed by atoms with E-state index in [0.717, 1.165) is 12.2 Å². The number of carbonyl (C=O) groups excluding carboxylic acids is 1. The van der Waals surface area contributed by atoms with Crippen LogP contribution in [-0.4, -0.2) is 34.1 Å². The number of nitrogens with zero attached hydrogens (tertiary/aromatic N) is 3. The number of aromatic nitrogens is 3. The molecule has 0 aliphatic heterocycles. The molecule has 7 heteroatoms. The van der Waals surface area contributed by atoms with Gasteiger partial charge < -0.3 is 15.2 Å². The van der Waals surface area contributed by atoms with Crippen LogP contribution in [0.5, 0.6) is 0 Å². The van der Waals surface area contributed by atoms with Crippen LogP contribution in [0.3, 0.4) is 0 Å². The molecule has 0 aromatic carbocycles. The Morgan fingerprint density at radius 2 is 2.30 bits per heavy atom. The van der Waals surface area contributed by atoms with Crippen molar-refractivity contribution in [3.8, 4) is 0 Å². The number of hydrogen-bond donors (Lipinski definition) is 2. The summed E-state index contributed by atoms with van der Waals surface area (Å²) in [7, 11) is 0. The molecule has 0 saturated heterocycles. The smallest absolute Gasteiger partial charge is 0.254 e. The van der Waals surface area contributed by atoms with Crippen LogP contribution in [0, 0.1) is 6.92 Å². The molecule has 0 fully saturated rings. The summed E-state index contributed by atoms with van der Waals surface area (Å²) < 4.78 is 4.98. The van der Waals surface area contributed by atoms with Crippen LogP contribution in [0.1, 0.15) is 29.0 Å². The van der Waals surface area contributed by atoms with Gasteiger partial charge >= 0.3 is 0 Å². The summed E-state index contributed by atoms with van der Waals surface area (Å²) in [5.41, 5.74) is 1.30. The average molecular weight is 275 g/mol. The van der Waals surface area contributed by atoms with Crippen molar-refractivity contribution in [1.29, 1.82) is 0 Å². The fraction of sp³-hybridized carbons (Fsp3) is 0.385. The highest BCUT2D eigenvalue weighted by Gasteiger charge is 2.11. The maximum atomic E-state index is 12.1. The van der Waals surface area contributed by atoms with Gasteiger partial charge in [-0.2, -0.15) is 4.98 Å². The summed E-state index contributed by atoms with van der Waals surface area (Å²) >= 11 is 0. The fourth-order valence-electron chi connectivity index (χ4n) is 1.74. The van der Waals surface area contributed by atoms with Gasteiger partial charge in [-0.15, -0.1) is 0 Å². The van der Waals surface area contributed by atoms with E-state index in [9.17, 15) is 4.79 Å². The second-order valence-electron chi connectivity index (χ2n) is 4.19. The first-order valence-electron chi connectivity index (χ1n) is 6.46. The van der Waals surface area contributed by atoms with Crippen LogP contribution in [0.15, 0.2) is 23.0 Å². The third-order valence-electron chi connectivity index (χ3n) is 2.63. The molecule has 2 N–H and O–H groups in total. The standard InChI is InChI=1S/C13H17N5O2/c1-3-15-11-4-6-14-8-10(11)13(19)16-7-5-12-17-9(2)18-20-12/h4,6,8H,3,5,7H2,1-2H3,(H,14,15)(H,16,19). The highest BCUT2D eigenvalue weighted by Crippen LogP contribution is 2.12. The molecule has 0 radical (unpaired) electrons. The minimum atomic E-state index is -0.176. The van der Waals surface area contributed by atoms with E-state index >= 15 is 0 Å². The summed E-state index contributed by atoms with van der Waals surface area (Å²) in [5.74, 6) is 0.930. The topological polar surface area (TPSA) is 92.9 Å². The third-order valence-corrected chi connectivity index (χ3v) is 2.63. The van der Waals surface area contributed by atoms with Gasteiger partial charge in [0.05, 0.1) is 11.3 Å². The van der Waals surface area contributed by atoms with Crippen molar-refractivity contribution >= 4 is 11.6 Å². The Hall–Kier alpha value is -2.44. The van der Waals surface area contributed by atoms with Crippen LogP contribution in [-0.2, 0) is 6.42 Å². The highest BCUT2D eigenvalue weighted by atomic mass is 16.5. The molecule has 2 heterocycles.